The summed E-state index contributed by atoms with van der Waals surface area (Å²) in [6.45, 7) is 10.2. The first-order valence-electron chi connectivity index (χ1n) is 7.71. The van der Waals surface area contributed by atoms with Crippen LogP contribution in [-0.4, -0.2) is 48.1 Å². The molecule has 0 aromatic heterocycles. The van der Waals surface area contributed by atoms with Gasteiger partial charge >= 0.3 is 0 Å². The number of likely N-dealkylation sites (N-methyl/N-ethyl adjacent to an activating group) is 1. The summed E-state index contributed by atoms with van der Waals surface area (Å²) in [6.07, 6.45) is 1.09. The molecule has 1 heterocycles. The lowest BCUT2D eigenvalue weighted by molar-refractivity contribution is 0.00937. The van der Waals surface area contributed by atoms with Crippen LogP contribution in [0.15, 0.2) is 30.3 Å². The molecule has 1 aliphatic rings. The van der Waals surface area contributed by atoms with Crippen LogP contribution in [0.4, 0.5) is 0 Å². The van der Waals surface area contributed by atoms with E-state index in [0.717, 1.165) is 26.1 Å². The molecule has 20 heavy (non-hydrogen) atoms. The summed E-state index contributed by atoms with van der Waals surface area (Å²) in [4.78, 5) is 5.03. The molecule has 3 nitrogen and oxygen atoms in total. The minimum absolute atomic E-state index is 0.0976. The number of benzene rings is 1. The third-order valence-corrected chi connectivity index (χ3v) is 4.83. The van der Waals surface area contributed by atoms with Crippen LogP contribution in [0.3, 0.4) is 0 Å². The molecule has 2 N–H and O–H groups in total. The quantitative estimate of drug-likeness (QED) is 0.916. The van der Waals surface area contributed by atoms with Crippen LogP contribution in [0.2, 0.25) is 0 Å². The monoisotopic (exact) mass is 275 g/mol. The maximum absolute atomic E-state index is 6.55. The first kappa shape index (κ1) is 15.5. The molecule has 2 unspecified atom stereocenters. The van der Waals surface area contributed by atoms with E-state index in [1.165, 1.54) is 5.56 Å². The van der Waals surface area contributed by atoms with Gasteiger partial charge in [-0.2, -0.15) is 0 Å². The molecule has 3 heteroatoms. The lowest BCUT2D eigenvalue weighted by atomic mass is 9.92. The smallest absolute Gasteiger partial charge is 0.0453 e. The maximum Gasteiger partial charge on any atom is 0.0453 e. The van der Waals surface area contributed by atoms with Gasteiger partial charge in [0.15, 0.2) is 0 Å². The average Bonchev–Trinajstić information content (AvgIpc) is 2.44. The Kier molecular flexibility index (Phi) is 4.84. The zero-order valence-electron chi connectivity index (χ0n) is 13.3. The minimum atomic E-state index is 0.0976. The van der Waals surface area contributed by atoms with E-state index in [9.17, 15) is 0 Å². The van der Waals surface area contributed by atoms with Crippen LogP contribution >= 0.6 is 0 Å². The van der Waals surface area contributed by atoms with Gasteiger partial charge in [0.05, 0.1) is 0 Å². The van der Waals surface area contributed by atoms with Crippen LogP contribution in [-0.2, 0) is 0 Å². The molecule has 1 aromatic rings. The summed E-state index contributed by atoms with van der Waals surface area (Å²) >= 11 is 0. The van der Waals surface area contributed by atoms with Crippen molar-refractivity contribution in [2.24, 2.45) is 5.73 Å². The summed E-state index contributed by atoms with van der Waals surface area (Å²) in [5.74, 6) is 0. The summed E-state index contributed by atoms with van der Waals surface area (Å²) in [6, 6.07) is 11.0. The summed E-state index contributed by atoms with van der Waals surface area (Å²) in [7, 11) is 2.22. The van der Waals surface area contributed by atoms with Gasteiger partial charge in [0.25, 0.3) is 0 Å². The van der Waals surface area contributed by atoms with Gasteiger partial charge in [-0.25, -0.2) is 0 Å². The van der Waals surface area contributed by atoms with Crippen molar-refractivity contribution in [1.82, 2.24) is 9.80 Å². The largest absolute Gasteiger partial charge is 0.323 e. The molecule has 0 bridgehead atoms. The van der Waals surface area contributed by atoms with E-state index in [4.69, 9.17) is 5.73 Å². The molecule has 112 valence electrons. The number of nitrogens with two attached hydrogens (primary N) is 1. The fraction of sp³-hybridized carbons (Fsp3) is 0.647. The van der Waals surface area contributed by atoms with E-state index >= 15 is 0 Å². The highest BCUT2D eigenvalue weighted by molar-refractivity contribution is 5.20. The lowest BCUT2D eigenvalue weighted by Crippen LogP contribution is -2.61. The Labute approximate surface area is 123 Å². The SMILES string of the molecule is CCC(C(N)c1ccccc1)N1CCN(C)C(C)(C)C1. The molecule has 1 saturated heterocycles. The van der Waals surface area contributed by atoms with E-state index in [-0.39, 0.29) is 11.6 Å². The second kappa shape index (κ2) is 6.25. The van der Waals surface area contributed by atoms with Crippen molar-refractivity contribution in [2.75, 3.05) is 26.7 Å². The van der Waals surface area contributed by atoms with Crippen molar-refractivity contribution in [3.05, 3.63) is 35.9 Å². The zero-order valence-corrected chi connectivity index (χ0v) is 13.3. The molecule has 1 aliphatic heterocycles. The highest BCUT2D eigenvalue weighted by Crippen LogP contribution is 2.27. The molecule has 2 atom stereocenters. The van der Waals surface area contributed by atoms with Crippen LogP contribution in [0.25, 0.3) is 0 Å². The Morgan fingerprint density at radius 1 is 1.20 bits per heavy atom. The fourth-order valence-corrected chi connectivity index (χ4v) is 3.20. The minimum Gasteiger partial charge on any atom is -0.323 e. The van der Waals surface area contributed by atoms with E-state index in [1.54, 1.807) is 0 Å². The highest BCUT2D eigenvalue weighted by Gasteiger charge is 2.35. The molecule has 0 aliphatic carbocycles. The molecule has 0 spiro atoms. The zero-order chi connectivity index (χ0) is 14.8. The number of rotatable bonds is 4. The van der Waals surface area contributed by atoms with E-state index in [2.05, 4.69) is 68.0 Å². The number of piperazine rings is 1. The molecule has 2 rings (SSSR count). The summed E-state index contributed by atoms with van der Waals surface area (Å²) in [5, 5.41) is 0. The highest BCUT2D eigenvalue weighted by atomic mass is 15.3. The summed E-state index contributed by atoms with van der Waals surface area (Å²) in [5.41, 5.74) is 8.02. The first-order chi connectivity index (χ1) is 9.45. The van der Waals surface area contributed by atoms with Gasteiger partial charge in [0.1, 0.15) is 0 Å². The summed E-state index contributed by atoms with van der Waals surface area (Å²) < 4.78 is 0. The maximum atomic E-state index is 6.55. The Bertz CT molecular complexity index is 416. The van der Waals surface area contributed by atoms with Gasteiger partial charge < -0.3 is 5.73 Å². The first-order valence-corrected chi connectivity index (χ1v) is 7.71. The van der Waals surface area contributed by atoms with Gasteiger partial charge in [-0.05, 0) is 32.9 Å². The normalized spacial score (nSPS) is 23.4. The molecule has 1 fully saturated rings. The van der Waals surface area contributed by atoms with Gasteiger partial charge in [0, 0.05) is 37.3 Å². The van der Waals surface area contributed by atoms with Crippen molar-refractivity contribution in [3.8, 4) is 0 Å². The van der Waals surface area contributed by atoms with Crippen molar-refractivity contribution in [1.29, 1.82) is 0 Å². The number of hydrogen-bond acceptors (Lipinski definition) is 3. The molecule has 1 aromatic carbocycles. The average molecular weight is 275 g/mol. The van der Waals surface area contributed by atoms with Gasteiger partial charge in [0.2, 0.25) is 0 Å². The van der Waals surface area contributed by atoms with Crippen LogP contribution < -0.4 is 5.73 Å². The Morgan fingerprint density at radius 3 is 2.40 bits per heavy atom. The predicted molar refractivity (Wildman–Crippen MR) is 85.7 cm³/mol. The van der Waals surface area contributed by atoms with E-state index in [0.29, 0.717) is 6.04 Å². The Hall–Kier alpha value is -0.900. The Morgan fingerprint density at radius 2 is 1.85 bits per heavy atom. The van der Waals surface area contributed by atoms with Crippen LogP contribution in [0, 0.1) is 0 Å². The van der Waals surface area contributed by atoms with Crippen LogP contribution in [0.5, 0.6) is 0 Å². The second-order valence-corrected chi connectivity index (χ2v) is 6.62. The number of nitrogens with zero attached hydrogens (tertiary/aromatic N) is 2. The van der Waals surface area contributed by atoms with Crippen molar-refractivity contribution in [2.45, 2.75) is 44.8 Å². The van der Waals surface area contributed by atoms with Gasteiger partial charge in [-0.3, -0.25) is 9.80 Å². The third-order valence-electron chi connectivity index (χ3n) is 4.83. The van der Waals surface area contributed by atoms with Crippen molar-refractivity contribution < 1.29 is 0 Å². The van der Waals surface area contributed by atoms with Gasteiger partial charge in [-0.15, -0.1) is 0 Å². The molecular weight excluding hydrogens is 246 g/mol. The van der Waals surface area contributed by atoms with Crippen molar-refractivity contribution in [3.63, 3.8) is 0 Å². The molecule has 0 radical (unpaired) electrons. The Balaban J connectivity index is 2.12. The molecule has 0 amide bonds. The van der Waals surface area contributed by atoms with Crippen molar-refractivity contribution >= 4 is 0 Å². The standard InChI is InChI=1S/C17H29N3/c1-5-15(16(18)14-9-7-6-8-10-14)20-12-11-19(4)17(2,3)13-20/h6-10,15-16H,5,11-13,18H2,1-4H3. The predicted octanol–water partition coefficient (Wildman–Crippen LogP) is 2.49. The van der Waals surface area contributed by atoms with E-state index < -0.39 is 0 Å². The lowest BCUT2D eigenvalue weighted by Gasteiger charge is -2.49. The number of hydrogen-bond donors (Lipinski definition) is 1. The molecule has 0 saturated carbocycles. The van der Waals surface area contributed by atoms with Crippen LogP contribution in [0.1, 0.15) is 38.8 Å². The third kappa shape index (κ3) is 3.22. The van der Waals surface area contributed by atoms with E-state index in [1.807, 2.05) is 0 Å². The topological polar surface area (TPSA) is 32.5 Å². The second-order valence-electron chi connectivity index (χ2n) is 6.62. The fourth-order valence-electron chi connectivity index (χ4n) is 3.20. The molecular formula is C17H29N3. The van der Waals surface area contributed by atoms with Gasteiger partial charge in [-0.1, -0.05) is 37.3 Å².